The van der Waals surface area contributed by atoms with E-state index in [0.29, 0.717) is 11.3 Å². The van der Waals surface area contributed by atoms with E-state index in [1.807, 2.05) is 6.07 Å². The first-order valence-electron chi connectivity index (χ1n) is 8.27. The molecule has 0 bridgehead atoms. The molecule has 2 saturated carbocycles. The molecule has 2 fully saturated rings. The lowest BCUT2D eigenvalue weighted by Crippen LogP contribution is -2.42. The second-order valence-corrected chi connectivity index (χ2v) is 7.82. The zero-order valence-electron chi connectivity index (χ0n) is 13.2. The first kappa shape index (κ1) is 14.6. The number of hydrogen-bond donors (Lipinski definition) is 1. The highest BCUT2D eigenvalue weighted by Gasteiger charge is 2.46. The third kappa shape index (κ3) is 2.61. The summed E-state index contributed by atoms with van der Waals surface area (Å²) in [4.78, 5) is 11.7. The van der Waals surface area contributed by atoms with Crippen molar-refractivity contribution in [3.8, 4) is 0 Å². The molecular formula is C19H26O2. The summed E-state index contributed by atoms with van der Waals surface area (Å²) in [6.45, 7) is 4.71. The third-order valence-electron chi connectivity index (χ3n) is 5.73. The van der Waals surface area contributed by atoms with Crippen molar-refractivity contribution in [2.24, 2.45) is 5.41 Å². The van der Waals surface area contributed by atoms with E-state index in [1.54, 1.807) is 0 Å². The molecule has 1 aromatic rings. The van der Waals surface area contributed by atoms with Gasteiger partial charge in [-0.05, 0) is 54.6 Å². The van der Waals surface area contributed by atoms with Crippen LogP contribution in [0.2, 0.25) is 0 Å². The van der Waals surface area contributed by atoms with Gasteiger partial charge in [0.05, 0.1) is 5.41 Å². The summed E-state index contributed by atoms with van der Waals surface area (Å²) in [5.41, 5.74) is 2.20. The van der Waals surface area contributed by atoms with Crippen LogP contribution in [0.5, 0.6) is 0 Å². The molecule has 0 aromatic heterocycles. The average Bonchev–Trinajstić information content (AvgIpc) is 2.36. The highest BCUT2D eigenvalue weighted by atomic mass is 16.4. The van der Waals surface area contributed by atoms with Gasteiger partial charge in [-0.2, -0.15) is 0 Å². The van der Waals surface area contributed by atoms with Crippen LogP contribution in [-0.2, 0) is 10.2 Å². The predicted molar refractivity (Wildman–Crippen MR) is 84.6 cm³/mol. The maximum Gasteiger partial charge on any atom is 0.314 e. The Morgan fingerprint density at radius 1 is 1.19 bits per heavy atom. The normalized spacial score (nSPS) is 26.9. The molecule has 114 valence electrons. The van der Waals surface area contributed by atoms with Crippen LogP contribution in [0.25, 0.3) is 0 Å². The Morgan fingerprint density at radius 3 is 2.52 bits per heavy atom. The lowest BCUT2D eigenvalue weighted by Gasteiger charge is -2.39. The van der Waals surface area contributed by atoms with Crippen molar-refractivity contribution in [1.29, 1.82) is 0 Å². The van der Waals surface area contributed by atoms with Gasteiger partial charge < -0.3 is 5.11 Å². The van der Waals surface area contributed by atoms with Crippen molar-refractivity contribution in [3.05, 3.63) is 35.4 Å². The van der Waals surface area contributed by atoms with E-state index in [4.69, 9.17) is 0 Å². The Balaban J connectivity index is 1.88. The smallest absolute Gasteiger partial charge is 0.314 e. The van der Waals surface area contributed by atoms with Gasteiger partial charge in [-0.15, -0.1) is 0 Å². The number of aliphatic carboxylic acids is 1. The molecule has 1 aromatic carbocycles. The van der Waals surface area contributed by atoms with E-state index in [0.717, 1.165) is 24.8 Å². The molecule has 0 radical (unpaired) electrons. The quantitative estimate of drug-likeness (QED) is 0.860. The van der Waals surface area contributed by atoms with E-state index >= 15 is 0 Å². The van der Waals surface area contributed by atoms with E-state index in [2.05, 4.69) is 32.0 Å². The van der Waals surface area contributed by atoms with Crippen LogP contribution in [0.3, 0.4) is 0 Å². The van der Waals surface area contributed by atoms with Crippen molar-refractivity contribution in [2.45, 2.75) is 70.1 Å². The standard InChI is InChI=1S/C19H26O2/c1-18(2)9-4-7-15(13-18)14-6-3-8-16(12-14)19(17(20)21)10-5-11-19/h3,6,8,12,15H,4-5,7,9-11,13H2,1-2H3,(H,20,21). The molecule has 0 spiro atoms. The highest BCUT2D eigenvalue weighted by Crippen LogP contribution is 2.47. The fraction of sp³-hybridized carbons (Fsp3) is 0.632. The van der Waals surface area contributed by atoms with E-state index in [1.165, 1.54) is 31.2 Å². The van der Waals surface area contributed by atoms with Crippen LogP contribution in [0.15, 0.2) is 24.3 Å². The van der Waals surface area contributed by atoms with Crippen molar-refractivity contribution in [2.75, 3.05) is 0 Å². The van der Waals surface area contributed by atoms with Crippen LogP contribution in [0.1, 0.15) is 75.8 Å². The molecule has 1 unspecified atom stereocenters. The van der Waals surface area contributed by atoms with Gasteiger partial charge >= 0.3 is 5.97 Å². The van der Waals surface area contributed by atoms with Crippen LogP contribution in [-0.4, -0.2) is 11.1 Å². The molecular weight excluding hydrogens is 260 g/mol. The van der Waals surface area contributed by atoms with E-state index < -0.39 is 11.4 Å². The summed E-state index contributed by atoms with van der Waals surface area (Å²) in [7, 11) is 0. The van der Waals surface area contributed by atoms with E-state index in [-0.39, 0.29) is 0 Å². The number of benzene rings is 1. The summed E-state index contributed by atoms with van der Waals surface area (Å²) >= 11 is 0. The molecule has 1 N–H and O–H groups in total. The zero-order valence-corrected chi connectivity index (χ0v) is 13.2. The Labute approximate surface area is 127 Å². The molecule has 3 rings (SSSR count). The largest absolute Gasteiger partial charge is 0.481 e. The lowest BCUT2D eigenvalue weighted by molar-refractivity contribution is -0.147. The maximum atomic E-state index is 11.7. The van der Waals surface area contributed by atoms with Gasteiger partial charge in [0, 0.05) is 0 Å². The monoisotopic (exact) mass is 286 g/mol. The fourth-order valence-corrected chi connectivity index (χ4v) is 4.23. The molecule has 0 heterocycles. The minimum Gasteiger partial charge on any atom is -0.481 e. The Kier molecular flexibility index (Phi) is 3.59. The van der Waals surface area contributed by atoms with Crippen LogP contribution < -0.4 is 0 Å². The lowest BCUT2D eigenvalue weighted by atomic mass is 9.63. The molecule has 2 nitrogen and oxygen atoms in total. The number of carboxylic acid groups (broad SMARTS) is 1. The number of carbonyl (C=O) groups is 1. The summed E-state index contributed by atoms with van der Waals surface area (Å²) in [6.07, 6.45) is 7.68. The van der Waals surface area contributed by atoms with Gasteiger partial charge in [0.15, 0.2) is 0 Å². The number of rotatable bonds is 3. The maximum absolute atomic E-state index is 11.7. The Morgan fingerprint density at radius 2 is 1.95 bits per heavy atom. The molecule has 2 heteroatoms. The highest BCUT2D eigenvalue weighted by molar-refractivity contribution is 5.82. The molecule has 2 aliphatic rings. The summed E-state index contributed by atoms with van der Waals surface area (Å²) in [5.74, 6) is -0.0468. The van der Waals surface area contributed by atoms with Gasteiger partial charge in [0.2, 0.25) is 0 Å². The minimum absolute atomic E-state index is 0.417. The zero-order chi connectivity index (χ0) is 15.1. The summed E-state index contributed by atoms with van der Waals surface area (Å²) in [5, 5.41) is 9.62. The first-order valence-corrected chi connectivity index (χ1v) is 8.27. The Bertz CT molecular complexity index is 540. The van der Waals surface area contributed by atoms with Crippen LogP contribution in [0.4, 0.5) is 0 Å². The van der Waals surface area contributed by atoms with Gasteiger partial charge in [0.25, 0.3) is 0 Å². The average molecular weight is 286 g/mol. The number of carboxylic acids is 1. The van der Waals surface area contributed by atoms with Crippen LogP contribution in [0, 0.1) is 5.41 Å². The summed E-state index contributed by atoms with van der Waals surface area (Å²) in [6, 6.07) is 8.48. The molecule has 21 heavy (non-hydrogen) atoms. The topological polar surface area (TPSA) is 37.3 Å². The van der Waals surface area contributed by atoms with Gasteiger partial charge in [0.1, 0.15) is 0 Å². The number of hydrogen-bond acceptors (Lipinski definition) is 1. The van der Waals surface area contributed by atoms with E-state index in [9.17, 15) is 9.90 Å². The molecule has 0 saturated heterocycles. The fourth-order valence-electron chi connectivity index (χ4n) is 4.23. The first-order chi connectivity index (χ1) is 9.93. The van der Waals surface area contributed by atoms with Crippen molar-refractivity contribution in [3.63, 3.8) is 0 Å². The minimum atomic E-state index is -0.644. The molecule has 2 aliphatic carbocycles. The van der Waals surface area contributed by atoms with Gasteiger partial charge in [-0.25, -0.2) is 0 Å². The summed E-state index contributed by atoms with van der Waals surface area (Å²) < 4.78 is 0. The second-order valence-electron chi connectivity index (χ2n) is 7.82. The van der Waals surface area contributed by atoms with Gasteiger partial charge in [-0.1, -0.05) is 51.0 Å². The Hall–Kier alpha value is -1.31. The van der Waals surface area contributed by atoms with Crippen molar-refractivity contribution < 1.29 is 9.90 Å². The third-order valence-corrected chi connectivity index (χ3v) is 5.73. The molecule has 0 aliphatic heterocycles. The van der Waals surface area contributed by atoms with Crippen molar-refractivity contribution in [1.82, 2.24) is 0 Å². The van der Waals surface area contributed by atoms with Gasteiger partial charge in [-0.3, -0.25) is 4.79 Å². The molecule has 1 atom stereocenters. The van der Waals surface area contributed by atoms with Crippen LogP contribution >= 0.6 is 0 Å². The second kappa shape index (κ2) is 5.15. The predicted octanol–water partition coefficient (Wildman–Crippen LogP) is 4.88. The van der Waals surface area contributed by atoms with Crippen molar-refractivity contribution >= 4 is 5.97 Å². The SMILES string of the molecule is CC1(C)CCCC(c2cccc(C3(C(=O)O)CCC3)c2)C1. The molecule has 0 amide bonds.